The van der Waals surface area contributed by atoms with Crippen molar-refractivity contribution in [3.05, 3.63) is 231 Å². The van der Waals surface area contributed by atoms with Gasteiger partial charge in [-0.05, 0) is 94.5 Å². The van der Waals surface area contributed by atoms with E-state index in [1.54, 1.807) is 0 Å². The van der Waals surface area contributed by atoms with Crippen LogP contribution in [0, 0.1) is 0 Å². The molecule has 0 aromatic heterocycles. The highest BCUT2D eigenvalue weighted by molar-refractivity contribution is 5.86. The zero-order valence-corrected chi connectivity index (χ0v) is 31.6. The molecule has 9 aromatic rings. The second-order valence-electron chi connectivity index (χ2n) is 13.6. The van der Waals surface area contributed by atoms with Gasteiger partial charge >= 0.3 is 0 Å². The number of benzene rings is 9. The second-order valence-corrected chi connectivity index (χ2v) is 13.6. The number of ether oxygens (including phenoxy) is 4. The Morgan fingerprint density at radius 3 is 1.28 bits per heavy atom. The predicted molar refractivity (Wildman–Crippen MR) is 234 cm³/mol. The molecule has 0 N–H and O–H groups in total. The van der Waals surface area contributed by atoms with Crippen LogP contribution in [0.5, 0.6) is 46.0 Å². The normalized spacial score (nSPS) is 10.8. The Balaban J connectivity index is 0.997. The maximum absolute atomic E-state index is 6.90. The lowest BCUT2D eigenvalue weighted by Gasteiger charge is -2.20. The topological polar surface area (TPSA) is 36.9 Å². The Morgan fingerprint density at radius 1 is 0.207 bits per heavy atom. The van der Waals surface area contributed by atoms with Crippen molar-refractivity contribution in [1.82, 2.24) is 0 Å². The zero-order chi connectivity index (χ0) is 38.9. The molecule has 0 saturated carbocycles. The third-order valence-corrected chi connectivity index (χ3v) is 9.75. The van der Waals surface area contributed by atoms with E-state index in [-0.39, 0.29) is 0 Å². The Hall–Kier alpha value is -7.82. The van der Waals surface area contributed by atoms with E-state index in [1.165, 1.54) is 11.1 Å². The Morgan fingerprint density at radius 2 is 0.603 bits per heavy atom. The summed E-state index contributed by atoms with van der Waals surface area (Å²) in [5.74, 6) is 5.43. The lowest BCUT2D eigenvalue weighted by Crippen LogP contribution is -1.96. The first-order valence-electron chi connectivity index (χ1n) is 19.2. The van der Waals surface area contributed by atoms with Crippen LogP contribution in [0.2, 0.25) is 0 Å². The molecule has 0 spiro atoms. The number of para-hydroxylation sites is 5. The average Bonchev–Trinajstić information content (AvgIpc) is 3.29. The largest absolute Gasteiger partial charge is 0.457 e. The van der Waals surface area contributed by atoms with Gasteiger partial charge in [-0.15, -0.1) is 0 Å². The molecular weight excluding hydrogens is 713 g/mol. The zero-order valence-electron chi connectivity index (χ0n) is 31.6. The lowest BCUT2D eigenvalue weighted by atomic mass is 9.94. The van der Waals surface area contributed by atoms with Crippen LogP contribution >= 0.6 is 0 Å². The Kier molecular flexibility index (Phi) is 10.5. The van der Waals surface area contributed by atoms with Gasteiger partial charge in [0.2, 0.25) is 0 Å². The maximum Gasteiger partial charge on any atom is 0.170 e. The van der Waals surface area contributed by atoms with Crippen LogP contribution in [0.4, 0.5) is 0 Å². The van der Waals surface area contributed by atoms with Crippen LogP contribution in [0.1, 0.15) is 0 Å². The highest BCUT2D eigenvalue weighted by Gasteiger charge is 2.20. The van der Waals surface area contributed by atoms with E-state index in [4.69, 9.17) is 18.9 Å². The van der Waals surface area contributed by atoms with Gasteiger partial charge in [-0.2, -0.15) is 0 Å². The molecule has 4 heteroatoms. The van der Waals surface area contributed by atoms with Crippen molar-refractivity contribution >= 4 is 0 Å². The van der Waals surface area contributed by atoms with Crippen LogP contribution in [-0.2, 0) is 0 Å². The smallest absolute Gasteiger partial charge is 0.170 e. The highest BCUT2D eigenvalue weighted by atomic mass is 16.5. The predicted octanol–water partition coefficient (Wildman–Crippen LogP) is 15.5. The quantitative estimate of drug-likeness (QED) is 0.125. The van der Waals surface area contributed by atoms with Gasteiger partial charge in [-0.1, -0.05) is 164 Å². The van der Waals surface area contributed by atoms with E-state index in [0.717, 1.165) is 44.9 Å². The summed E-state index contributed by atoms with van der Waals surface area (Å²) < 4.78 is 26.2. The molecule has 0 aliphatic heterocycles. The fourth-order valence-corrected chi connectivity index (χ4v) is 7.00. The highest BCUT2D eigenvalue weighted by Crippen LogP contribution is 2.47. The van der Waals surface area contributed by atoms with Crippen LogP contribution in [0.25, 0.3) is 44.5 Å². The number of hydrogen-bond donors (Lipinski definition) is 0. The summed E-state index contributed by atoms with van der Waals surface area (Å²) in [6.07, 6.45) is 0. The van der Waals surface area contributed by atoms with E-state index < -0.39 is 0 Å². The van der Waals surface area contributed by atoms with Gasteiger partial charge in [0.15, 0.2) is 11.5 Å². The van der Waals surface area contributed by atoms with Gasteiger partial charge in [-0.25, -0.2) is 0 Å². The molecule has 0 radical (unpaired) electrons. The van der Waals surface area contributed by atoms with E-state index >= 15 is 0 Å². The third-order valence-electron chi connectivity index (χ3n) is 9.75. The molecule has 9 rings (SSSR count). The summed E-state index contributed by atoms with van der Waals surface area (Å²) in [5.41, 5.74) is 8.30. The third kappa shape index (κ3) is 8.08. The number of hydrogen-bond acceptors (Lipinski definition) is 4. The van der Waals surface area contributed by atoms with Crippen LogP contribution in [0.3, 0.4) is 0 Å². The van der Waals surface area contributed by atoms with E-state index in [1.807, 2.05) is 133 Å². The lowest BCUT2D eigenvalue weighted by molar-refractivity contribution is 0.420. The minimum absolute atomic E-state index is 0.593. The summed E-state index contributed by atoms with van der Waals surface area (Å²) in [5, 5.41) is 0. The average molecular weight is 751 g/mol. The first-order chi connectivity index (χ1) is 28.7. The van der Waals surface area contributed by atoms with Crippen LogP contribution < -0.4 is 18.9 Å². The first-order valence-corrected chi connectivity index (χ1v) is 19.2. The van der Waals surface area contributed by atoms with E-state index in [2.05, 4.69) is 97.1 Å². The molecule has 0 saturated heterocycles. The SMILES string of the molecule is c1ccc(Oc2ccccc2Oc2c(-c3ccccc3)cccc2-c2ccccc2Oc2ccc(Oc3cccc(-c4ccccc4-c4ccccc4)c3)cc2)cc1. The monoisotopic (exact) mass is 750 g/mol. The van der Waals surface area contributed by atoms with Crippen molar-refractivity contribution in [2.45, 2.75) is 0 Å². The molecule has 0 atom stereocenters. The van der Waals surface area contributed by atoms with Crippen molar-refractivity contribution in [3.63, 3.8) is 0 Å². The standard InChI is InChI=1S/C54H38O4/c1-4-18-39(19-5-1)46-26-10-11-27-47(46)41-22-16-25-45(38-41)55-43-34-36-44(37-35-43)56-51-31-13-12-28-49(51)50-30-17-29-48(40-20-6-2-7-21-40)54(50)58-53-33-15-14-32-52(53)57-42-23-8-3-9-24-42/h1-38H. The van der Waals surface area contributed by atoms with Crippen molar-refractivity contribution in [1.29, 1.82) is 0 Å². The number of rotatable bonds is 12. The fraction of sp³-hybridized carbons (Fsp3) is 0. The summed E-state index contributed by atoms with van der Waals surface area (Å²) in [6, 6.07) is 76.7. The molecule has 0 unspecified atom stereocenters. The Labute approximate surface area is 338 Å². The van der Waals surface area contributed by atoms with Crippen LogP contribution in [-0.4, -0.2) is 0 Å². The van der Waals surface area contributed by atoms with Crippen LogP contribution in [0.15, 0.2) is 231 Å². The Bertz CT molecular complexity index is 2760. The van der Waals surface area contributed by atoms with Crippen molar-refractivity contribution in [2.75, 3.05) is 0 Å². The molecule has 0 aliphatic carbocycles. The van der Waals surface area contributed by atoms with Crippen molar-refractivity contribution < 1.29 is 18.9 Å². The van der Waals surface area contributed by atoms with Gasteiger partial charge in [0.25, 0.3) is 0 Å². The van der Waals surface area contributed by atoms with Gasteiger partial charge in [0.1, 0.15) is 34.5 Å². The summed E-state index contributed by atoms with van der Waals surface area (Å²) >= 11 is 0. The molecule has 4 nitrogen and oxygen atoms in total. The molecule has 0 aliphatic rings. The molecule has 0 fully saturated rings. The second kappa shape index (κ2) is 16.9. The maximum atomic E-state index is 6.90. The molecule has 58 heavy (non-hydrogen) atoms. The van der Waals surface area contributed by atoms with Crippen molar-refractivity contribution in [2.24, 2.45) is 0 Å². The molecule has 0 bridgehead atoms. The van der Waals surface area contributed by atoms with Crippen molar-refractivity contribution in [3.8, 4) is 90.5 Å². The minimum Gasteiger partial charge on any atom is -0.457 e. The van der Waals surface area contributed by atoms with Gasteiger partial charge in [-0.3, -0.25) is 0 Å². The minimum atomic E-state index is 0.593. The molecular formula is C54H38O4. The fourth-order valence-electron chi connectivity index (χ4n) is 7.00. The summed E-state index contributed by atoms with van der Waals surface area (Å²) in [6.45, 7) is 0. The summed E-state index contributed by atoms with van der Waals surface area (Å²) in [4.78, 5) is 0. The van der Waals surface area contributed by atoms with Gasteiger partial charge in [0, 0.05) is 16.7 Å². The van der Waals surface area contributed by atoms with Gasteiger partial charge < -0.3 is 18.9 Å². The molecule has 278 valence electrons. The molecule has 0 amide bonds. The molecule has 0 heterocycles. The molecule has 9 aromatic carbocycles. The summed E-state index contributed by atoms with van der Waals surface area (Å²) in [7, 11) is 0. The van der Waals surface area contributed by atoms with Gasteiger partial charge in [0.05, 0.1) is 0 Å². The van der Waals surface area contributed by atoms with E-state index in [0.29, 0.717) is 34.5 Å². The van der Waals surface area contributed by atoms with E-state index in [9.17, 15) is 0 Å². The first kappa shape index (κ1) is 35.9.